The zero-order chi connectivity index (χ0) is 21.8. The Morgan fingerprint density at radius 3 is 2.52 bits per heavy atom. The first kappa shape index (κ1) is 22.5. The van der Waals surface area contributed by atoms with E-state index in [0.29, 0.717) is 35.0 Å². The number of nitrogens with zero attached hydrogens (tertiary/aromatic N) is 2. The summed E-state index contributed by atoms with van der Waals surface area (Å²) in [6.45, 7) is 11.0. The van der Waals surface area contributed by atoms with Crippen LogP contribution in [0.5, 0.6) is 0 Å². The number of nitriles is 1. The van der Waals surface area contributed by atoms with Gasteiger partial charge in [0.1, 0.15) is 23.5 Å². The third-order valence-corrected chi connectivity index (χ3v) is 4.41. The molecule has 1 saturated carbocycles. The molecular weight excluding hydrogens is 370 g/mol. The molecule has 8 nitrogen and oxygen atoms in total. The maximum absolute atomic E-state index is 13.0. The number of hydrogen-bond acceptors (Lipinski definition) is 6. The fraction of sp³-hybridized carbons (Fsp3) is 0.619. The molecule has 1 heterocycles. The Morgan fingerprint density at radius 2 is 2.00 bits per heavy atom. The molecule has 0 unspecified atom stereocenters. The molecule has 1 aliphatic rings. The first-order valence-electron chi connectivity index (χ1n) is 9.96. The fourth-order valence-electron chi connectivity index (χ4n) is 2.83. The van der Waals surface area contributed by atoms with E-state index in [1.807, 2.05) is 13.8 Å². The van der Waals surface area contributed by atoms with Crippen LogP contribution in [0.2, 0.25) is 0 Å². The summed E-state index contributed by atoms with van der Waals surface area (Å²) in [6, 6.07) is 1.45. The van der Waals surface area contributed by atoms with E-state index < -0.39 is 17.7 Å². The number of ether oxygens (including phenoxy) is 1. The molecule has 0 radical (unpaired) electrons. The number of amides is 2. The summed E-state index contributed by atoms with van der Waals surface area (Å²) < 4.78 is 5.31. The van der Waals surface area contributed by atoms with Gasteiger partial charge in [-0.15, -0.1) is 0 Å². The second kappa shape index (κ2) is 9.12. The molecule has 0 spiro atoms. The van der Waals surface area contributed by atoms with E-state index in [0.717, 1.165) is 12.8 Å². The minimum atomic E-state index is -0.727. The van der Waals surface area contributed by atoms with Gasteiger partial charge in [0.25, 0.3) is 0 Å². The molecule has 2 rings (SSSR count). The molecule has 8 heteroatoms. The largest absolute Gasteiger partial charge is 0.444 e. The highest BCUT2D eigenvalue weighted by Crippen LogP contribution is 2.34. The van der Waals surface area contributed by atoms with Crippen LogP contribution in [0.1, 0.15) is 65.0 Å². The molecule has 1 atom stereocenters. The quantitative estimate of drug-likeness (QED) is 0.641. The molecular formula is C21H31N5O3. The average Bonchev–Trinajstić information content (AvgIpc) is 3.39. The molecule has 0 bridgehead atoms. The number of aromatic nitrogens is 1. The second-order valence-electron chi connectivity index (χ2n) is 8.80. The van der Waals surface area contributed by atoms with Gasteiger partial charge >= 0.3 is 6.09 Å². The Labute approximate surface area is 172 Å². The van der Waals surface area contributed by atoms with Crippen LogP contribution in [0.4, 0.5) is 16.3 Å². The molecule has 1 aromatic heterocycles. The summed E-state index contributed by atoms with van der Waals surface area (Å²) in [7, 11) is 0. The van der Waals surface area contributed by atoms with Gasteiger partial charge in [-0.2, -0.15) is 5.26 Å². The molecule has 0 aliphatic heterocycles. The predicted octanol–water partition coefficient (Wildman–Crippen LogP) is 3.71. The molecule has 1 aromatic rings. The molecule has 2 amide bonds. The first-order chi connectivity index (χ1) is 13.5. The van der Waals surface area contributed by atoms with E-state index in [1.54, 1.807) is 27.7 Å². The van der Waals surface area contributed by atoms with Crippen molar-refractivity contribution in [2.75, 3.05) is 10.6 Å². The van der Waals surface area contributed by atoms with Gasteiger partial charge in [-0.3, -0.25) is 4.79 Å². The van der Waals surface area contributed by atoms with Crippen LogP contribution in [0, 0.1) is 24.2 Å². The normalized spacial score (nSPS) is 14.7. The van der Waals surface area contributed by atoms with Crippen molar-refractivity contribution in [1.82, 2.24) is 10.3 Å². The van der Waals surface area contributed by atoms with Crippen LogP contribution in [0.3, 0.4) is 0 Å². The minimum Gasteiger partial charge on any atom is -0.444 e. The van der Waals surface area contributed by atoms with Crippen LogP contribution < -0.4 is 16.0 Å². The summed E-state index contributed by atoms with van der Waals surface area (Å²) in [5.41, 5.74) is 0.810. The van der Waals surface area contributed by atoms with Crippen molar-refractivity contribution in [2.24, 2.45) is 5.92 Å². The summed E-state index contributed by atoms with van der Waals surface area (Å²) in [5, 5.41) is 18.1. The Bertz CT molecular complexity index is 804. The SMILES string of the molecule is Cc1c(C#N)cnc(NC(C)C)c1NC(=O)[C@H](CC1CC1)NC(=O)OC(C)(C)C. The summed E-state index contributed by atoms with van der Waals surface area (Å²) in [6.07, 6.45) is 3.49. The molecule has 3 N–H and O–H groups in total. The maximum atomic E-state index is 13.0. The smallest absolute Gasteiger partial charge is 0.408 e. The van der Waals surface area contributed by atoms with E-state index in [-0.39, 0.29) is 11.9 Å². The van der Waals surface area contributed by atoms with Crippen molar-refractivity contribution in [2.45, 2.75) is 78.5 Å². The Hall–Kier alpha value is -2.82. The van der Waals surface area contributed by atoms with Crippen LogP contribution in [0.25, 0.3) is 0 Å². The van der Waals surface area contributed by atoms with Crippen LogP contribution in [-0.2, 0) is 9.53 Å². The minimum absolute atomic E-state index is 0.0904. The van der Waals surface area contributed by atoms with Crippen molar-refractivity contribution in [3.8, 4) is 6.07 Å². The highest BCUT2D eigenvalue weighted by molar-refractivity contribution is 5.99. The lowest BCUT2D eigenvalue weighted by Gasteiger charge is -2.24. The predicted molar refractivity (Wildman–Crippen MR) is 112 cm³/mol. The second-order valence-corrected chi connectivity index (χ2v) is 8.80. The van der Waals surface area contributed by atoms with Gasteiger partial charge in [-0.05, 0) is 59.4 Å². The lowest BCUT2D eigenvalue weighted by Crippen LogP contribution is -2.46. The number of rotatable bonds is 7. The number of hydrogen-bond donors (Lipinski definition) is 3. The highest BCUT2D eigenvalue weighted by atomic mass is 16.6. The van der Waals surface area contributed by atoms with E-state index in [4.69, 9.17) is 4.74 Å². The third kappa shape index (κ3) is 6.93. The molecule has 0 aromatic carbocycles. The lowest BCUT2D eigenvalue weighted by atomic mass is 10.1. The summed E-state index contributed by atoms with van der Waals surface area (Å²) in [5.74, 6) is 0.556. The van der Waals surface area contributed by atoms with Crippen molar-refractivity contribution in [3.63, 3.8) is 0 Å². The first-order valence-corrected chi connectivity index (χ1v) is 9.96. The number of carbonyl (C=O) groups excluding carboxylic acids is 2. The van der Waals surface area contributed by atoms with E-state index >= 15 is 0 Å². The van der Waals surface area contributed by atoms with Gasteiger partial charge in [0, 0.05) is 12.2 Å². The van der Waals surface area contributed by atoms with Gasteiger partial charge < -0.3 is 20.7 Å². The molecule has 1 fully saturated rings. The van der Waals surface area contributed by atoms with Gasteiger partial charge in [-0.25, -0.2) is 9.78 Å². The van der Waals surface area contributed by atoms with Crippen LogP contribution in [-0.4, -0.2) is 34.7 Å². The van der Waals surface area contributed by atoms with Gasteiger partial charge in [-0.1, -0.05) is 12.8 Å². The number of anilines is 2. The lowest BCUT2D eigenvalue weighted by molar-refractivity contribution is -0.118. The topological polar surface area (TPSA) is 116 Å². The van der Waals surface area contributed by atoms with Crippen molar-refractivity contribution < 1.29 is 14.3 Å². The zero-order valence-corrected chi connectivity index (χ0v) is 18.0. The highest BCUT2D eigenvalue weighted by Gasteiger charge is 2.32. The standard InChI is InChI=1S/C21H31N5O3/c1-12(2)24-18-17(13(3)15(10-22)11-23-18)26-19(27)16(9-14-7-8-14)25-20(28)29-21(4,5)6/h11-12,14,16H,7-9H2,1-6H3,(H,23,24)(H,25,28)(H,26,27)/t16-/m0/s1. The Morgan fingerprint density at radius 1 is 1.34 bits per heavy atom. The summed E-state index contributed by atoms with van der Waals surface area (Å²) in [4.78, 5) is 29.6. The average molecular weight is 402 g/mol. The number of nitrogens with one attached hydrogen (secondary N) is 3. The number of pyridine rings is 1. The molecule has 29 heavy (non-hydrogen) atoms. The monoisotopic (exact) mass is 401 g/mol. The summed E-state index contributed by atoms with van der Waals surface area (Å²) >= 11 is 0. The number of carbonyl (C=O) groups is 2. The molecule has 0 saturated heterocycles. The Balaban J connectivity index is 2.23. The van der Waals surface area contributed by atoms with Crippen LogP contribution in [0.15, 0.2) is 6.20 Å². The number of alkyl carbamates (subject to hydrolysis) is 1. The van der Waals surface area contributed by atoms with E-state index in [9.17, 15) is 14.9 Å². The van der Waals surface area contributed by atoms with Gasteiger partial charge in [0.15, 0.2) is 0 Å². The van der Waals surface area contributed by atoms with E-state index in [1.165, 1.54) is 6.20 Å². The zero-order valence-electron chi connectivity index (χ0n) is 18.0. The fourth-order valence-corrected chi connectivity index (χ4v) is 2.83. The van der Waals surface area contributed by atoms with Crippen molar-refractivity contribution >= 4 is 23.5 Å². The van der Waals surface area contributed by atoms with Gasteiger partial charge in [0.05, 0.1) is 11.3 Å². The van der Waals surface area contributed by atoms with Crippen molar-refractivity contribution in [1.29, 1.82) is 5.26 Å². The third-order valence-electron chi connectivity index (χ3n) is 4.41. The van der Waals surface area contributed by atoms with Crippen LogP contribution >= 0.6 is 0 Å². The Kier molecular flexibility index (Phi) is 7.07. The van der Waals surface area contributed by atoms with Gasteiger partial charge in [0.2, 0.25) is 5.91 Å². The maximum Gasteiger partial charge on any atom is 0.408 e. The molecule has 1 aliphatic carbocycles. The van der Waals surface area contributed by atoms with E-state index in [2.05, 4.69) is 27.0 Å². The molecule has 158 valence electrons. The van der Waals surface area contributed by atoms with Crippen molar-refractivity contribution in [3.05, 3.63) is 17.3 Å².